The van der Waals surface area contributed by atoms with Crippen LogP contribution >= 0.6 is 11.6 Å². The van der Waals surface area contributed by atoms with Crippen LogP contribution < -0.4 is 5.32 Å². The van der Waals surface area contributed by atoms with Gasteiger partial charge in [-0.25, -0.2) is 9.48 Å². The van der Waals surface area contributed by atoms with Crippen LogP contribution in [0.5, 0.6) is 0 Å². The van der Waals surface area contributed by atoms with Crippen LogP contribution in [0.15, 0.2) is 30.5 Å². The van der Waals surface area contributed by atoms with Gasteiger partial charge in [0.25, 0.3) is 5.91 Å². The third kappa shape index (κ3) is 3.59. The molecule has 0 saturated heterocycles. The van der Waals surface area contributed by atoms with Crippen molar-refractivity contribution in [2.24, 2.45) is 5.92 Å². The van der Waals surface area contributed by atoms with Crippen molar-refractivity contribution in [1.82, 2.24) is 15.1 Å². The molecule has 1 atom stereocenters. The molecule has 126 valence electrons. The van der Waals surface area contributed by atoms with Crippen LogP contribution in [-0.2, 0) is 4.79 Å². The number of aliphatic carboxylic acids is 1. The van der Waals surface area contributed by atoms with E-state index >= 15 is 0 Å². The third-order valence-corrected chi connectivity index (χ3v) is 4.45. The number of carbonyl (C=O) groups is 2. The van der Waals surface area contributed by atoms with E-state index in [4.69, 9.17) is 11.6 Å². The largest absolute Gasteiger partial charge is 0.480 e. The summed E-state index contributed by atoms with van der Waals surface area (Å²) in [5.41, 5.74) is 1.79. The number of carboxylic acid groups (broad SMARTS) is 1. The smallest absolute Gasteiger partial charge is 0.326 e. The van der Waals surface area contributed by atoms with E-state index in [9.17, 15) is 14.7 Å². The van der Waals surface area contributed by atoms with Crippen LogP contribution in [0.2, 0.25) is 5.02 Å². The van der Waals surface area contributed by atoms with E-state index in [1.54, 1.807) is 35.9 Å². The van der Waals surface area contributed by atoms with Gasteiger partial charge in [0, 0.05) is 5.02 Å². The molecule has 1 amide bonds. The lowest BCUT2D eigenvalue weighted by atomic mass is 10.1. The molecule has 0 bridgehead atoms. The van der Waals surface area contributed by atoms with Gasteiger partial charge in [-0.2, -0.15) is 5.10 Å². The highest BCUT2D eigenvalue weighted by atomic mass is 35.5. The van der Waals surface area contributed by atoms with E-state index in [1.807, 2.05) is 0 Å². The molecule has 1 unspecified atom stereocenters. The number of nitrogens with zero attached hydrogens (tertiary/aromatic N) is 2. The summed E-state index contributed by atoms with van der Waals surface area (Å²) in [6.45, 7) is 1.77. The fourth-order valence-electron chi connectivity index (χ4n) is 2.62. The number of rotatable bonds is 6. The number of hydrogen-bond acceptors (Lipinski definition) is 3. The Morgan fingerprint density at radius 1 is 1.38 bits per heavy atom. The topological polar surface area (TPSA) is 84.2 Å². The minimum Gasteiger partial charge on any atom is -0.480 e. The van der Waals surface area contributed by atoms with Crippen LogP contribution in [0.25, 0.3) is 5.69 Å². The Kier molecular flexibility index (Phi) is 4.57. The highest BCUT2D eigenvalue weighted by Gasteiger charge is 2.31. The molecule has 1 heterocycles. The molecule has 6 nitrogen and oxygen atoms in total. The van der Waals surface area contributed by atoms with Gasteiger partial charge in [-0.1, -0.05) is 24.4 Å². The number of carboxylic acids is 1. The second-order valence-corrected chi connectivity index (χ2v) is 6.51. The Labute approximate surface area is 144 Å². The number of nitrogens with one attached hydrogen (secondary N) is 1. The van der Waals surface area contributed by atoms with Gasteiger partial charge in [-0.15, -0.1) is 0 Å². The Balaban J connectivity index is 1.77. The zero-order valence-electron chi connectivity index (χ0n) is 13.2. The molecule has 2 N–H and O–H groups in total. The quantitative estimate of drug-likeness (QED) is 0.841. The van der Waals surface area contributed by atoms with Crippen LogP contribution in [-0.4, -0.2) is 32.8 Å². The van der Waals surface area contributed by atoms with Crippen LogP contribution in [0.3, 0.4) is 0 Å². The van der Waals surface area contributed by atoms with Crippen molar-refractivity contribution >= 4 is 23.5 Å². The summed E-state index contributed by atoms with van der Waals surface area (Å²) in [6, 6.07) is 6.24. The van der Waals surface area contributed by atoms with E-state index in [0.717, 1.165) is 18.5 Å². The number of carbonyl (C=O) groups excluding carboxylic acids is 1. The van der Waals surface area contributed by atoms with Crippen molar-refractivity contribution in [3.63, 3.8) is 0 Å². The van der Waals surface area contributed by atoms with Gasteiger partial charge in [0.15, 0.2) is 0 Å². The maximum Gasteiger partial charge on any atom is 0.326 e. The van der Waals surface area contributed by atoms with Crippen molar-refractivity contribution in [3.8, 4) is 5.69 Å². The number of hydrogen-bond donors (Lipinski definition) is 2. The maximum atomic E-state index is 12.4. The summed E-state index contributed by atoms with van der Waals surface area (Å²) in [5.74, 6) is -1.01. The zero-order valence-corrected chi connectivity index (χ0v) is 14.0. The molecule has 0 spiro atoms. The Morgan fingerprint density at radius 2 is 2.04 bits per heavy atom. The van der Waals surface area contributed by atoms with E-state index in [1.165, 1.54) is 6.20 Å². The van der Waals surface area contributed by atoms with Crippen LogP contribution in [0, 0.1) is 12.8 Å². The van der Waals surface area contributed by atoms with E-state index in [-0.39, 0.29) is 0 Å². The standard InChI is InChI=1S/C17H18ClN3O3/c1-10-14(9-19-21(10)13-6-4-12(18)5-7-13)16(22)20-15(17(23)24)8-11-2-3-11/h4-7,9,11,15H,2-3,8H2,1H3,(H,20,22)(H,23,24). The van der Waals surface area contributed by atoms with Gasteiger partial charge in [0.1, 0.15) is 6.04 Å². The molecular formula is C17H18ClN3O3. The highest BCUT2D eigenvalue weighted by Crippen LogP contribution is 2.33. The first-order chi connectivity index (χ1) is 11.5. The lowest BCUT2D eigenvalue weighted by Gasteiger charge is -2.14. The van der Waals surface area contributed by atoms with E-state index < -0.39 is 17.9 Å². The Morgan fingerprint density at radius 3 is 2.62 bits per heavy atom. The van der Waals surface area contributed by atoms with Crippen molar-refractivity contribution in [2.75, 3.05) is 0 Å². The minimum absolute atomic E-state index is 0.368. The van der Waals surface area contributed by atoms with Crippen molar-refractivity contribution in [3.05, 3.63) is 46.7 Å². The van der Waals surface area contributed by atoms with Gasteiger partial charge in [0.05, 0.1) is 23.1 Å². The molecule has 1 aromatic carbocycles. The molecule has 1 fully saturated rings. The minimum atomic E-state index is -1.00. The predicted octanol–water partition coefficient (Wildman–Crippen LogP) is 2.82. The molecule has 2 aromatic rings. The average molecular weight is 348 g/mol. The third-order valence-electron chi connectivity index (χ3n) is 4.19. The molecule has 24 heavy (non-hydrogen) atoms. The molecule has 1 aromatic heterocycles. The fourth-order valence-corrected chi connectivity index (χ4v) is 2.75. The summed E-state index contributed by atoms with van der Waals surface area (Å²) >= 11 is 5.88. The van der Waals surface area contributed by atoms with E-state index in [0.29, 0.717) is 28.6 Å². The summed E-state index contributed by atoms with van der Waals surface area (Å²) < 4.78 is 1.63. The van der Waals surface area contributed by atoms with Crippen molar-refractivity contribution < 1.29 is 14.7 Å². The molecule has 3 rings (SSSR count). The second-order valence-electron chi connectivity index (χ2n) is 6.08. The molecular weight excluding hydrogens is 330 g/mol. The first kappa shape index (κ1) is 16.5. The van der Waals surface area contributed by atoms with Gasteiger partial charge < -0.3 is 10.4 Å². The monoisotopic (exact) mass is 347 g/mol. The molecule has 1 aliphatic rings. The predicted molar refractivity (Wildman–Crippen MR) is 89.5 cm³/mol. The Bertz CT molecular complexity index is 766. The fraction of sp³-hybridized carbons (Fsp3) is 0.353. The molecule has 0 aliphatic heterocycles. The molecule has 1 aliphatic carbocycles. The summed E-state index contributed by atoms with van der Waals surface area (Å²) in [7, 11) is 0. The Hall–Kier alpha value is -2.34. The van der Waals surface area contributed by atoms with Crippen LogP contribution in [0.4, 0.5) is 0 Å². The van der Waals surface area contributed by atoms with Gasteiger partial charge in [-0.05, 0) is 43.5 Å². The first-order valence-electron chi connectivity index (χ1n) is 7.80. The lowest BCUT2D eigenvalue weighted by molar-refractivity contribution is -0.139. The number of halogens is 1. The van der Waals surface area contributed by atoms with Crippen molar-refractivity contribution in [1.29, 1.82) is 0 Å². The number of benzene rings is 1. The van der Waals surface area contributed by atoms with Crippen LogP contribution in [0.1, 0.15) is 35.3 Å². The zero-order chi connectivity index (χ0) is 17.3. The average Bonchev–Trinajstić information content (AvgIpc) is 3.28. The molecule has 7 heteroatoms. The molecule has 1 saturated carbocycles. The highest BCUT2D eigenvalue weighted by molar-refractivity contribution is 6.30. The summed E-state index contributed by atoms with van der Waals surface area (Å²) in [5, 5.41) is 16.7. The van der Waals surface area contributed by atoms with Gasteiger partial charge >= 0.3 is 5.97 Å². The maximum absolute atomic E-state index is 12.4. The molecule has 0 radical (unpaired) electrons. The summed E-state index contributed by atoms with van der Waals surface area (Å²) in [6.07, 6.45) is 4.00. The van der Waals surface area contributed by atoms with Gasteiger partial charge in [0.2, 0.25) is 0 Å². The van der Waals surface area contributed by atoms with E-state index in [2.05, 4.69) is 10.4 Å². The summed E-state index contributed by atoms with van der Waals surface area (Å²) in [4.78, 5) is 23.8. The lowest BCUT2D eigenvalue weighted by Crippen LogP contribution is -2.41. The number of amides is 1. The van der Waals surface area contributed by atoms with Crippen molar-refractivity contribution in [2.45, 2.75) is 32.2 Å². The normalized spacial score (nSPS) is 15.1. The van der Waals surface area contributed by atoms with Gasteiger partial charge in [-0.3, -0.25) is 4.79 Å². The second kappa shape index (κ2) is 6.65. The number of aromatic nitrogens is 2. The first-order valence-corrected chi connectivity index (χ1v) is 8.17. The SMILES string of the molecule is Cc1c(C(=O)NC(CC2CC2)C(=O)O)cnn1-c1ccc(Cl)cc1.